The summed E-state index contributed by atoms with van der Waals surface area (Å²) in [6.45, 7) is 0. The van der Waals surface area contributed by atoms with Crippen LogP contribution in [-0.2, 0) is 0 Å². The van der Waals surface area contributed by atoms with Crippen LogP contribution in [0.4, 0.5) is 0 Å². The number of rotatable bonds is 4. The third-order valence-corrected chi connectivity index (χ3v) is 8.73. The van der Waals surface area contributed by atoms with Gasteiger partial charge in [0, 0.05) is 32.8 Å². The second kappa shape index (κ2) is 9.82. The molecule has 9 aromatic rings. The molecule has 206 valence electrons. The first-order valence-electron chi connectivity index (χ1n) is 15.0. The van der Waals surface area contributed by atoms with Gasteiger partial charge in [-0.2, -0.15) is 0 Å². The number of para-hydroxylation sites is 3. The van der Waals surface area contributed by atoms with Gasteiger partial charge in [0.25, 0.3) is 0 Å². The molecule has 0 aliphatic heterocycles. The third-order valence-electron chi connectivity index (χ3n) is 8.73. The van der Waals surface area contributed by atoms with Gasteiger partial charge < -0.3 is 4.57 Å². The van der Waals surface area contributed by atoms with Crippen molar-refractivity contribution in [2.75, 3.05) is 0 Å². The fourth-order valence-electron chi connectivity index (χ4n) is 6.76. The Kier molecular flexibility index (Phi) is 5.50. The molecule has 0 N–H and O–H groups in total. The zero-order valence-electron chi connectivity index (χ0n) is 23.9. The smallest absolute Gasteiger partial charge is 0.138 e. The van der Waals surface area contributed by atoms with Gasteiger partial charge in [-0.3, -0.25) is 4.57 Å². The highest BCUT2D eigenvalue weighted by Gasteiger charge is 2.21. The Morgan fingerprint density at radius 2 is 0.864 bits per heavy atom. The van der Waals surface area contributed by atoms with Crippen molar-refractivity contribution in [3.8, 4) is 33.9 Å². The van der Waals surface area contributed by atoms with Crippen LogP contribution in [0.2, 0.25) is 0 Å². The molecule has 44 heavy (non-hydrogen) atoms. The Bertz CT molecular complexity index is 2470. The number of hydrogen-bond donors (Lipinski definition) is 0. The lowest BCUT2D eigenvalue weighted by Gasteiger charge is -2.13. The second-order valence-electron chi connectivity index (χ2n) is 11.2. The van der Waals surface area contributed by atoms with Crippen LogP contribution in [-0.4, -0.2) is 14.1 Å². The first-order valence-corrected chi connectivity index (χ1v) is 15.0. The van der Waals surface area contributed by atoms with E-state index in [1.165, 1.54) is 43.7 Å². The van der Waals surface area contributed by atoms with Crippen molar-refractivity contribution in [2.24, 2.45) is 0 Å². The zero-order valence-corrected chi connectivity index (χ0v) is 23.9. The van der Waals surface area contributed by atoms with Crippen LogP contribution in [0.3, 0.4) is 0 Å². The number of fused-ring (bicyclic) bond motifs is 7. The largest absolute Gasteiger partial charge is 0.307 e. The minimum Gasteiger partial charge on any atom is -0.307 e. The lowest BCUT2D eigenvalue weighted by molar-refractivity contribution is 1.08. The van der Waals surface area contributed by atoms with Gasteiger partial charge in [-0.05, 0) is 47.5 Å². The summed E-state index contributed by atoms with van der Waals surface area (Å²) >= 11 is 0. The van der Waals surface area contributed by atoms with Gasteiger partial charge in [-0.1, -0.05) is 127 Å². The molecule has 9 rings (SSSR count). The number of aromatic nitrogens is 3. The van der Waals surface area contributed by atoms with Crippen LogP contribution in [0.5, 0.6) is 0 Å². The molecule has 0 saturated carbocycles. The summed E-state index contributed by atoms with van der Waals surface area (Å²) in [4.78, 5) is 5.30. The van der Waals surface area contributed by atoms with E-state index < -0.39 is 0 Å². The third kappa shape index (κ3) is 3.73. The van der Waals surface area contributed by atoms with E-state index in [1.807, 2.05) is 0 Å². The molecule has 3 heteroatoms. The molecule has 0 spiro atoms. The standard InChI is InChI=1S/C41H27N3/c1-3-12-28(13-4-1)29-22-24-30(25-23-29)36-18-11-21-39(42-36)44-38-20-10-8-17-33(38)35-27-26-34-32-16-7-9-19-37(32)43(40(34)41(35)44)31-14-5-2-6-15-31/h1-27H. The van der Waals surface area contributed by atoms with E-state index in [0.29, 0.717) is 0 Å². The maximum Gasteiger partial charge on any atom is 0.138 e. The van der Waals surface area contributed by atoms with E-state index in [9.17, 15) is 0 Å². The van der Waals surface area contributed by atoms with Crippen molar-refractivity contribution in [1.29, 1.82) is 0 Å². The Morgan fingerprint density at radius 3 is 1.55 bits per heavy atom. The quantitative estimate of drug-likeness (QED) is 0.210. The predicted molar refractivity (Wildman–Crippen MR) is 184 cm³/mol. The maximum absolute atomic E-state index is 5.30. The van der Waals surface area contributed by atoms with Gasteiger partial charge in [-0.25, -0.2) is 4.98 Å². The summed E-state index contributed by atoms with van der Waals surface area (Å²) in [5.74, 6) is 0.901. The molecule has 0 aliphatic carbocycles. The highest BCUT2D eigenvalue weighted by atomic mass is 15.1. The number of nitrogens with zero attached hydrogens (tertiary/aromatic N) is 3. The van der Waals surface area contributed by atoms with Crippen molar-refractivity contribution in [2.45, 2.75) is 0 Å². The lowest BCUT2D eigenvalue weighted by Crippen LogP contribution is -2.01. The summed E-state index contributed by atoms with van der Waals surface area (Å²) < 4.78 is 4.77. The number of hydrogen-bond acceptors (Lipinski definition) is 1. The summed E-state index contributed by atoms with van der Waals surface area (Å²) in [7, 11) is 0. The van der Waals surface area contributed by atoms with E-state index in [-0.39, 0.29) is 0 Å². The molecule has 0 fully saturated rings. The van der Waals surface area contributed by atoms with Crippen LogP contribution in [0.15, 0.2) is 164 Å². The molecule has 3 heterocycles. The van der Waals surface area contributed by atoms with Crippen LogP contribution < -0.4 is 0 Å². The van der Waals surface area contributed by atoms with E-state index in [4.69, 9.17) is 4.98 Å². The van der Waals surface area contributed by atoms with Gasteiger partial charge in [-0.15, -0.1) is 0 Å². The molecule has 0 saturated heterocycles. The summed E-state index contributed by atoms with van der Waals surface area (Å²) in [5, 5.41) is 4.90. The van der Waals surface area contributed by atoms with Crippen molar-refractivity contribution in [3.63, 3.8) is 0 Å². The highest BCUT2D eigenvalue weighted by molar-refractivity contribution is 6.23. The summed E-state index contributed by atoms with van der Waals surface area (Å²) in [6.07, 6.45) is 0. The second-order valence-corrected chi connectivity index (χ2v) is 11.2. The summed E-state index contributed by atoms with van der Waals surface area (Å²) in [6, 6.07) is 58.2. The van der Waals surface area contributed by atoms with Crippen LogP contribution in [0, 0.1) is 0 Å². The van der Waals surface area contributed by atoms with E-state index >= 15 is 0 Å². The Morgan fingerprint density at radius 1 is 0.341 bits per heavy atom. The van der Waals surface area contributed by atoms with Crippen molar-refractivity contribution < 1.29 is 0 Å². The molecule has 0 bridgehead atoms. The fourth-order valence-corrected chi connectivity index (χ4v) is 6.76. The molecule has 0 unspecified atom stereocenters. The molecule has 0 amide bonds. The van der Waals surface area contributed by atoms with Crippen LogP contribution in [0.25, 0.3) is 77.5 Å². The van der Waals surface area contributed by atoms with Gasteiger partial charge >= 0.3 is 0 Å². The average Bonchev–Trinajstić information content (AvgIpc) is 3.62. The van der Waals surface area contributed by atoms with Gasteiger partial charge in [0.1, 0.15) is 5.82 Å². The minimum atomic E-state index is 0.901. The normalized spacial score (nSPS) is 11.6. The topological polar surface area (TPSA) is 22.8 Å². The molecule has 3 aromatic heterocycles. The predicted octanol–water partition coefficient (Wildman–Crippen LogP) is 10.6. The Balaban J connectivity index is 1.33. The van der Waals surface area contributed by atoms with Gasteiger partial charge in [0.05, 0.1) is 27.8 Å². The molecule has 6 aromatic carbocycles. The first kappa shape index (κ1) is 24.6. The van der Waals surface area contributed by atoms with Crippen LogP contribution >= 0.6 is 0 Å². The zero-order chi connectivity index (χ0) is 29.0. The number of pyridine rings is 1. The van der Waals surface area contributed by atoms with Gasteiger partial charge in [0.2, 0.25) is 0 Å². The Hall–Kier alpha value is -5.93. The molecule has 0 radical (unpaired) electrons. The van der Waals surface area contributed by atoms with E-state index in [2.05, 4.69) is 173 Å². The molecule has 0 aliphatic rings. The van der Waals surface area contributed by atoms with E-state index in [0.717, 1.165) is 33.8 Å². The molecule has 0 atom stereocenters. The molecule has 3 nitrogen and oxygen atoms in total. The Labute approximate surface area is 254 Å². The summed E-state index contributed by atoms with van der Waals surface area (Å²) in [5.41, 5.74) is 10.3. The van der Waals surface area contributed by atoms with Crippen molar-refractivity contribution >= 4 is 43.6 Å². The molecular weight excluding hydrogens is 534 g/mol. The first-order chi connectivity index (χ1) is 21.8. The van der Waals surface area contributed by atoms with E-state index in [1.54, 1.807) is 0 Å². The number of benzene rings is 6. The SMILES string of the molecule is c1ccc(-c2ccc(-c3cccc(-n4c5ccccc5c5ccc6c7ccccc7n(-c7ccccc7)c6c54)n3)cc2)cc1. The van der Waals surface area contributed by atoms with Crippen molar-refractivity contribution in [3.05, 3.63) is 164 Å². The lowest BCUT2D eigenvalue weighted by atomic mass is 10.0. The van der Waals surface area contributed by atoms with Crippen LogP contribution in [0.1, 0.15) is 0 Å². The fraction of sp³-hybridized carbons (Fsp3) is 0. The molecular formula is C41H27N3. The maximum atomic E-state index is 5.30. The van der Waals surface area contributed by atoms with Gasteiger partial charge in [0.15, 0.2) is 0 Å². The minimum absolute atomic E-state index is 0.901. The highest BCUT2D eigenvalue weighted by Crippen LogP contribution is 2.41. The van der Waals surface area contributed by atoms with Crippen molar-refractivity contribution in [1.82, 2.24) is 14.1 Å². The average molecular weight is 562 g/mol. The monoisotopic (exact) mass is 561 g/mol.